The summed E-state index contributed by atoms with van der Waals surface area (Å²) in [7, 11) is 4.60. The molecule has 0 fully saturated rings. The van der Waals surface area contributed by atoms with E-state index in [0.29, 0.717) is 11.1 Å². The summed E-state index contributed by atoms with van der Waals surface area (Å²) in [5.74, 6) is -0.369. The van der Waals surface area contributed by atoms with Gasteiger partial charge >= 0.3 is 17.7 Å². The zero-order valence-corrected chi connectivity index (χ0v) is 13.9. The van der Waals surface area contributed by atoms with Gasteiger partial charge in [-0.25, -0.2) is 19.0 Å². The largest absolute Gasteiger partial charge is 0.459 e. The molecule has 9 heteroatoms. The molecule has 0 saturated carbocycles. The number of benzene rings is 1. The smallest absolute Gasteiger partial charge is 0.338 e. The first kappa shape index (κ1) is 16.6. The summed E-state index contributed by atoms with van der Waals surface area (Å²) in [5.41, 5.74) is 0.637. The van der Waals surface area contributed by atoms with E-state index in [1.54, 1.807) is 12.1 Å². The Kier molecular flexibility index (Phi) is 4.22. The van der Waals surface area contributed by atoms with Crippen LogP contribution in [0.2, 0.25) is 0 Å². The van der Waals surface area contributed by atoms with Crippen molar-refractivity contribution in [1.29, 1.82) is 0 Å². The van der Waals surface area contributed by atoms with E-state index >= 15 is 0 Å². The van der Waals surface area contributed by atoms with E-state index in [-0.39, 0.29) is 24.1 Å². The lowest BCUT2D eigenvalue weighted by Crippen LogP contribution is -2.35. The molecule has 130 valence electrons. The number of rotatable bonds is 3. The van der Waals surface area contributed by atoms with Gasteiger partial charge in [0.1, 0.15) is 17.9 Å². The van der Waals surface area contributed by atoms with Gasteiger partial charge in [0.05, 0.1) is 6.20 Å². The molecule has 3 aromatic rings. The Bertz CT molecular complexity index is 1010. The summed E-state index contributed by atoms with van der Waals surface area (Å²) in [6, 6.07) is 5.42. The topological polar surface area (TPSA) is 82.2 Å². The van der Waals surface area contributed by atoms with Crippen molar-refractivity contribution >= 4 is 17.2 Å². The Balaban J connectivity index is 1.97. The number of halogens is 1. The summed E-state index contributed by atoms with van der Waals surface area (Å²) in [6.07, 6.45) is 1.41. The number of amides is 1. The third-order valence-corrected chi connectivity index (χ3v) is 3.61. The normalized spacial score (nSPS) is 10.9. The molecule has 0 atom stereocenters. The Morgan fingerprint density at radius 1 is 1.36 bits per heavy atom. The second-order valence-corrected chi connectivity index (χ2v) is 5.63. The molecule has 0 N–H and O–H groups in total. The highest BCUT2D eigenvalue weighted by Crippen LogP contribution is 2.14. The molecule has 0 unspecified atom stereocenters. The maximum atomic E-state index is 13.2. The lowest BCUT2D eigenvalue weighted by molar-refractivity contribution is 0.219. The third kappa shape index (κ3) is 3.08. The Labute approximate surface area is 142 Å². The van der Waals surface area contributed by atoms with Crippen LogP contribution in [0.15, 0.2) is 35.3 Å². The molecular weight excluding hydrogens is 329 g/mol. The van der Waals surface area contributed by atoms with Crippen LogP contribution in [-0.4, -0.2) is 44.1 Å². The van der Waals surface area contributed by atoms with Crippen LogP contribution in [-0.2, 0) is 13.7 Å². The fraction of sp³-hybridized carbons (Fsp3) is 0.250. The number of aryl methyl sites for hydroxylation is 1. The van der Waals surface area contributed by atoms with Crippen LogP contribution in [0.1, 0.15) is 5.56 Å². The maximum Gasteiger partial charge on any atom is 0.338 e. The van der Waals surface area contributed by atoms with E-state index in [9.17, 15) is 14.0 Å². The Morgan fingerprint density at radius 2 is 2.12 bits per heavy atom. The fourth-order valence-corrected chi connectivity index (χ4v) is 2.31. The van der Waals surface area contributed by atoms with Gasteiger partial charge in [0, 0.05) is 21.1 Å². The van der Waals surface area contributed by atoms with Crippen LogP contribution in [0.5, 0.6) is 6.01 Å². The van der Waals surface area contributed by atoms with Gasteiger partial charge in [-0.2, -0.15) is 9.55 Å². The predicted molar refractivity (Wildman–Crippen MR) is 88.0 cm³/mol. The van der Waals surface area contributed by atoms with Crippen molar-refractivity contribution in [3.8, 4) is 6.01 Å². The van der Waals surface area contributed by atoms with Crippen LogP contribution in [0.3, 0.4) is 0 Å². The zero-order chi connectivity index (χ0) is 18.1. The number of imidazole rings is 1. The molecule has 0 aliphatic rings. The van der Waals surface area contributed by atoms with Crippen LogP contribution >= 0.6 is 0 Å². The minimum atomic E-state index is -0.523. The maximum absolute atomic E-state index is 13.2. The van der Waals surface area contributed by atoms with Gasteiger partial charge in [0.15, 0.2) is 5.65 Å². The average molecular weight is 345 g/mol. The minimum Gasteiger partial charge on any atom is -0.459 e. The molecular formula is C16H16FN5O3. The highest BCUT2D eigenvalue weighted by atomic mass is 19.1. The number of ether oxygens (including phenoxy) is 1. The summed E-state index contributed by atoms with van der Waals surface area (Å²) in [6.45, 7) is 0.0575. The lowest BCUT2D eigenvalue weighted by Gasteiger charge is -2.10. The van der Waals surface area contributed by atoms with Crippen molar-refractivity contribution < 1.29 is 13.9 Å². The highest BCUT2D eigenvalue weighted by molar-refractivity contribution is 5.86. The number of hydrogen-bond acceptors (Lipinski definition) is 5. The monoisotopic (exact) mass is 345 g/mol. The number of nitrogens with zero attached hydrogens (tertiary/aromatic N) is 5. The van der Waals surface area contributed by atoms with Gasteiger partial charge in [-0.1, -0.05) is 12.1 Å². The van der Waals surface area contributed by atoms with Crippen molar-refractivity contribution in [3.05, 3.63) is 52.3 Å². The van der Waals surface area contributed by atoms with E-state index in [1.165, 1.54) is 48.9 Å². The SMILES string of the molecule is CN(C)C(=O)n1c(=O)n(C)c2cnc(OCc3cccc(F)c3)nc21. The molecule has 2 heterocycles. The molecule has 0 saturated heterocycles. The standard InChI is InChI=1S/C16H16FN5O3/c1-20(2)15(23)22-13-12(21(3)16(22)24)8-18-14(19-13)25-9-10-5-4-6-11(17)7-10/h4-8H,9H2,1-3H3. The molecule has 25 heavy (non-hydrogen) atoms. The van der Waals surface area contributed by atoms with Crippen molar-refractivity contribution in [2.45, 2.75) is 6.61 Å². The highest BCUT2D eigenvalue weighted by Gasteiger charge is 2.20. The molecule has 0 spiro atoms. The first-order valence-corrected chi connectivity index (χ1v) is 7.42. The number of fused-ring (bicyclic) bond motifs is 1. The molecule has 0 aliphatic heterocycles. The number of hydrogen-bond donors (Lipinski definition) is 0. The number of carbonyl (C=O) groups is 1. The molecule has 0 bridgehead atoms. The predicted octanol–water partition coefficient (Wildman–Crippen LogP) is 1.38. The molecule has 1 aromatic carbocycles. The second kappa shape index (κ2) is 6.34. The van der Waals surface area contributed by atoms with E-state index in [0.717, 1.165) is 4.57 Å². The van der Waals surface area contributed by atoms with E-state index in [1.807, 2.05) is 0 Å². The molecule has 3 rings (SSSR count). The molecule has 2 aromatic heterocycles. The minimum absolute atomic E-state index is 0.0114. The van der Waals surface area contributed by atoms with Gasteiger partial charge in [0.25, 0.3) is 0 Å². The Morgan fingerprint density at radius 3 is 2.80 bits per heavy atom. The van der Waals surface area contributed by atoms with Crippen molar-refractivity contribution in [2.75, 3.05) is 14.1 Å². The van der Waals surface area contributed by atoms with Gasteiger partial charge in [-0.15, -0.1) is 0 Å². The summed E-state index contributed by atoms with van der Waals surface area (Å²) in [5, 5.41) is 0. The first-order valence-electron chi connectivity index (χ1n) is 7.42. The van der Waals surface area contributed by atoms with E-state index in [4.69, 9.17) is 4.74 Å². The van der Waals surface area contributed by atoms with Crippen molar-refractivity contribution in [2.24, 2.45) is 7.05 Å². The van der Waals surface area contributed by atoms with Crippen LogP contribution in [0.25, 0.3) is 11.2 Å². The lowest BCUT2D eigenvalue weighted by atomic mass is 10.2. The van der Waals surface area contributed by atoms with Crippen LogP contribution in [0.4, 0.5) is 9.18 Å². The molecule has 0 aliphatic carbocycles. The number of aromatic nitrogens is 4. The summed E-state index contributed by atoms with van der Waals surface area (Å²) >= 11 is 0. The van der Waals surface area contributed by atoms with Gasteiger partial charge in [-0.3, -0.25) is 4.57 Å². The third-order valence-electron chi connectivity index (χ3n) is 3.61. The summed E-state index contributed by atoms with van der Waals surface area (Å²) in [4.78, 5) is 34.0. The Hall–Kier alpha value is -3.23. The van der Waals surface area contributed by atoms with Gasteiger partial charge in [-0.05, 0) is 17.7 Å². The molecule has 0 radical (unpaired) electrons. The zero-order valence-electron chi connectivity index (χ0n) is 13.9. The van der Waals surface area contributed by atoms with Gasteiger partial charge in [0.2, 0.25) is 0 Å². The summed E-state index contributed by atoms with van der Waals surface area (Å²) < 4.78 is 20.9. The fourth-order valence-electron chi connectivity index (χ4n) is 2.31. The quantitative estimate of drug-likeness (QED) is 0.716. The molecule has 1 amide bonds. The second-order valence-electron chi connectivity index (χ2n) is 5.63. The first-order chi connectivity index (χ1) is 11.9. The van der Waals surface area contributed by atoms with E-state index < -0.39 is 11.7 Å². The van der Waals surface area contributed by atoms with Crippen LogP contribution < -0.4 is 10.4 Å². The van der Waals surface area contributed by atoms with Crippen molar-refractivity contribution in [3.63, 3.8) is 0 Å². The number of carbonyl (C=O) groups excluding carboxylic acids is 1. The van der Waals surface area contributed by atoms with Crippen LogP contribution in [0, 0.1) is 5.82 Å². The van der Waals surface area contributed by atoms with Crippen molar-refractivity contribution in [1.82, 2.24) is 24.0 Å². The average Bonchev–Trinajstić information content (AvgIpc) is 2.83. The van der Waals surface area contributed by atoms with E-state index in [2.05, 4.69) is 9.97 Å². The molecule has 8 nitrogen and oxygen atoms in total. The van der Waals surface area contributed by atoms with Gasteiger partial charge < -0.3 is 9.64 Å².